The van der Waals surface area contributed by atoms with Gasteiger partial charge in [0.25, 0.3) is 5.91 Å². The number of methoxy groups -OCH3 is 1. The highest BCUT2D eigenvalue weighted by molar-refractivity contribution is 5.89. The zero-order chi connectivity index (χ0) is 44.3. The van der Waals surface area contributed by atoms with Crippen LogP contribution >= 0.6 is 0 Å². The molecule has 3 saturated heterocycles. The van der Waals surface area contributed by atoms with E-state index in [1.165, 1.54) is 7.11 Å². The number of ether oxygens (including phenoxy) is 3. The highest BCUT2D eigenvalue weighted by Gasteiger charge is 2.39. The molecule has 16 nitrogen and oxygen atoms in total. The number of hydrogen-bond donors (Lipinski definition) is 4. The van der Waals surface area contributed by atoms with Crippen molar-refractivity contribution in [3.63, 3.8) is 0 Å². The van der Waals surface area contributed by atoms with Crippen LogP contribution in [-0.2, 0) is 23.8 Å². The van der Waals surface area contributed by atoms with Crippen LogP contribution in [0.3, 0.4) is 0 Å². The highest BCUT2D eigenvalue weighted by atomic mass is 16.6. The molecule has 332 valence electrons. The van der Waals surface area contributed by atoms with Crippen molar-refractivity contribution in [1.82, 2.24) is 45.4 Å². The summed E-state index contributed by atoms with van der Waals surface area (Å²) in [5, 5.41) is 6.53. The smallest absolute Gasteiger partial charge is 0.408 e. The van der Waals surface area contributed by atoms with E-state index in [1.807, 2.05) is 90.4 Å². The number of aromatic amines is 2. The average Bonchev–Trinajstić information content (AvgIpc) is 4.16. The molecule has 3 aliphatic heterocycles. The molecule has 6 heterocycles. The summed E-state index contributed by atoms with van der Waals surface area (Å²) in [6, 6.07) is 23.2. The first-order valence-electron chi connectivity index (χ1n) is 22.1. The lowest BCUT2D eigenvalue weighted by Crippen LogP contribution is -2.51. The molecule has 3 aromatic carbocycles. The monoisotopic (exact) mass is 867 g/mol. The molecule has 3 fully saturated rings. The van der Waals surface area contributed by atoms with Gasteiger partial charge in [-0.1, -0.05) is 62.4 Å². The summed E-state index contributed by atoms with van der Waals surface area (Å²) in [5.41, 5.74) is 6.62. The summed E-state index contributed by atoms with van der Waals surface area (Å²) in [7, 11) is 1.29. The van der Waals surface area contributed by atoms with Crippen LogP contribution in [0.4, 0.5) is 9.59 Å². The van der Waals surface area contributed by atoms with E-state index in [0.29, 0.717) is 56.4 Å². The van der Waals surface area contributed by atoms with Gasteiger partial charge in [0.05, 0.1) is 66.5 Å². The van der Waals surface area contributed by atoms with Crippen LogP contribution in [0.5, 0.6) is 0 Å². The molecule has 0 aliphatic carbocycles. The molecule has 16 heteroatoms. The van der Waals surface area contributed by atoms with E-state index in [-0.39, 0.29) is 35.9 Å². The predicted molar refractivity (Wildman–Crippen MR) is 239 cm³/mol. The second kappa shape index (κ2) is 18.5. The molecule has 4 amide bonds. The van der Waals surface area contributed by atoms with Crippen LogP contribution in [0.15, 0.2) is 85.1 Å². The van der Waals surface area contributed by atoms with Gasteiger partial charge in [0.15, 0.2) is 0 Å². The lowest BCUT2D eigenvalue weighted by Gasteiger charge is -2.29. The first-order chi connectivity index (χ1) is 31.1. The number of benzene rings is 3. The molecule has 9 rings (SSSR count). The van der Waals surface area contributed by atoms with Crippen molar-refractivity contribution >= 4 is 45.9 Å². The van der Waals surface area contributed by atoms with Crippen molar-refractivity contribution in [2.45, 2.75) is 82.6 Å². The van der Waals surface area contributed by atoms with E-state index in [1.54, 1.807) is 6.20 Å². The zero-order valence-corrected chi connectivity index (χ0v) is 36.2. The van der Waals surface area contributed by atoms with Crippen molar-refractivity contribution < 1.29 is 33.4 Å². The third kappa shape index (κ3) is 8.87. The second-order valence-corrected chi connectivity index (χ2v) is 17.1. The number of imidazole rings is 2. The number of aromatic nitrogens is 5. The van der Waals surface area contributed by atoms with Gasteiger partial charge in [-0.25, -0.2) is 24.5 Å². The number of amides is 4. The highest BCUT2D eigenvalue weighted by Crippen LogP contribution is 2.36. The maximum Gasteiger partial charge on any atom is 0.408 e. The molecule has 0 bridgehead atoms. The SMILES string of the molecule is COC(=O)NC(C(=O)N1CCCC1c1nc2ccc(-c3ccc4cc(-c5cnc(C6CCCN6C(=O)C(NC(=O)OC6CCOCC6)c6ccccc6)[nH]5)ccc4n3)cc2[nH]1)C(C)C. The van der Waals surface area contributed by atoms with E-state index in [2.05, 4.69) is 32.7 Å². The van der Waals surface area contributed by atoms with Gasteiger partial charge >= 0.3 is 12.2 Å². The van der Waals surface area contributed by atoms with Crippen molar-refractivity contribution in [2.24, 2.45) is 5.92 Å². The summed E-state index contributed by atoms with van der Waals surface area (Å²) >= 11 is 0. The zero-order valence-electron chi connectivity index (χ0n) is 36.2. The average molecular weight is 868 g/mol. The Hall–Kier alpha value is -6.81. The van der Waals surface area contributed by atoms with Crippen LogP contribution in [0.1, 0.15) is 87.7 Å². The Kier molecular flexibility index (Phi) is 12.3. The molecule has 4 N–H and O–H groups in total. The van der Waals surface area contributed by atoms with E-state index < -0.39 is 24.3 Å². The van der Waals surface area contributed by atoms with Gasteiger partial charge in [-0.15, -0.1) is 0 Å². The summed E-state index contributed by atoms with van der Waals surface area (Å²) < 4.78 is 15.9. The fraction of sp³-hybridized carbons (Fsp3) is 0.396. The van der Waals surface area contributed by atoms with Crippen LogP contribution in [0, 0.1) is 5.92 Å². The normalized spacial score (nSPS) is 18.9. The number of nitrogens with zero attached hydrogens (tertiary/aromatic N) is 5. The summed E-state index contributed by atoms with van der Waals surface area (Å²) in [6.45, 7) is 5.99. The quantitative estimate of drug-likeness (QED) is 0.101. The van der Waals surface area contributed by atoms with Crippen LogP contribution in [0.25, 0.3) is 44.5 Å². The van der Waals surface area contributed by atoms with Gasteiger partial charge < -0.3 is 44.6 Å². The Morgan fingerprint density at radius 1 is 0.750 bits per heavy atom. The Balaban J connectivity index is 0.894. The Morgan fingerprint density at radius 2 is 1.47 bits per heavy atom. The molecule has 0 spiro atoms. The molecular weight excluding hydrogens is 815 g/mol. The van der Waals surface area contributed by atoms with Gasteiger partial charge in [-0.2, -0.15) is 0 Å². The van der Waals surface area contributed by atoms with Crippen LogP contribution in [-0.4, -0.2) is 104 Å². The Bertz CT molecular complexity index is 2660. The third-order valence-corrected chi connectivity index (χ3v) is 12.6. The van der Waals surface area contributed by atoms with Crippen molar-refractivity contribution in [3.8, 4) is 22.5 Å². The minimum absolute atomic E-state index is 0.122. The number of nitrogens with one attached hydrogen (secondary N) is 4. The fourth-order valence-electron chi connectivity index (χ4n) is 9.16. The van der Waals surface area contributed by atoms with Gasteiger partial charge in [-0.05, 0) is 67.5 Å². The van der Waals surface area contributed by atoms with E-state index in [0.717, 1.165) is 70.1 Å². The van der Waals surface area contributed by atoms with Gasteiger partial charge in [0.1, 0.15) is 29.8 Å². The standard InChI is InChI=1S/C48H53N9O7/c1-28(2)41(54-47(60)62-3)45(58)57-22-8-12-40(57)44-51-36-18-15-32(26-37(36)52-44)35-16-13-30-25-31(14-17-34(30)50-35)38-27-49-43(53-38)39-11-7-21-56(39)46(59)42(29-9-5-4-6-10-29)55-48(61)64-33-19-23-63-24-20-33/h4-6,9-10,13-18,25-28,33,39-42H,7-8,11-12,19-24H2,1-3H3,(H,49,53)(H,51,52)(H,54,60)(H,55,61). The van der Waals surface area contributed by atoms with Crippen molar-refractivity contribution in [3.05, 3.63) is 102 Å². The van der Waals surface area contributed by atoms with E-state index >= 15 is 0 Å². The van der Waals surface area contributed by atoms with E-state index in [9.17, 15) is 19.2 Å². The Labute approximate surface area is 370 Å². The molecule has 3 aliphatic rings. The molecule has 3 aromatic heterocycles. The first kappa shape index (κ1) is 42.5. The number of alkyl carbamates (subject to hydrolysis) is 2. The summed E-state index contributed by atoms with van der Waals surface area (Å²) in [6.07, 6.45) is 4.67. The fourth-order valence-corrected chi connectivity index (χ4v) is 9.16. The second-order valence-electron chi connectivity index (χ2n) is 17.1. The van der Waals surface area contributed by atoms with E-state index in [4.69, 9.17) is 29.2 Å². The van der Waals surface area contributed by atoms with Crippen LogP contribution < -0.4 is 10.6 Å². The lowest BCUT2D eigenvalue weighted by atomic mass is 10.0. The lowest BCUT2D eigenvalue weighted by molar-refractivity contribution is -0.136. The van der Waals surface area contributed by atoms with Crippen molar-refractivity contribution in [2.75, 3.05) is 33.4 Å². The maximum absolute atomic E-state index is 14.3. The molecule has 64 heavy (non-hydrogen) atoms. The third-order valence-electron chi connectivity index (χ3n) is 12.6. The number of likely N-dealkylation sites (tertiary alicyclic amines) is 2. The molecule has 6 aromatic rings. The topological polar surface area (TPSA) is 197 Å². The van der Waals surface area contributed by atoms with Crippen molar-refractivity contribution in [1.29, 1.82) is 0 Å². The predicted octanol–water partition coefficient (Wildman–Crippen LogP) is 7.52. The number of fused-ring (bicyclic) bond motifs is 2. The van der Waals surface area contributed by atoms with Gasteiger partial charge in [0, 0.05) is 42.4 Å². The van der Waals surface area contributed by atoms with Crippen LogP contribution in [0.2, 0.25) is 0 Å². The number of carbonyl (C=O) groups is 4. The molecule has 0 radical (unpaired) electrons. The number of carbonyl (C=O) groups excluding carboxylic acids is 4. The first-order valence-corrected chi connectivity index (χ1v) is 22.1. The Morgan fingerprint density at radius 3 is 2.22 bits per heavy atom. The number of rotatable bonds is 11. The van der Waals surface area contributed by atoms with Gasteiger partial charge in [-0.3, -0.25) is 9.59 Å². The molecule has 0 saturated carbocycles. The number of pyridine rings is 1. The minimum atomic E-state index is -0.915. The number of hydrogen-bond acceptors (Lipinski definition) is 10. The number of H-pyrrole nitrogens is 2. The van der Waals surface area contributed by atoms with Gasteiger partial charge in [0.2, 0.25) is 5.91 Å². The molecule has 4 unspecified atom stereocenters. The summed E-state index contributed by atoms with van der Waals surface area (Å²) in [4.78, 5) is 78.4. The largest absolute Gasteiger partial charge is 0.453 e. The summed E-state index contributed by atoms with van der Waals surface area (Å²) in [5.74, 6) is 0.910. The molecular formula is C48H53N9O7. The maximum atomic E-state index is 14.3. The minimum Gasteiger partial charge on any atom is -0.453 e. The molecule has 4 atom stereocenters.